The van der Waals surface area contributed by atoms with E-state index in [9.17, 15) is 21.6 Å². The van der Waals surface area contributed by atoms with Crippen molar-refractivity contribution >= 4 is 10.1 Å². The molecule has 0 atom stereocenters. The highest BCUT2D eigenvalue weighted by Crippen LogP contribution is 2.26. The molecule has 0 unspecified atom stereocenters. The van der Waals surface area contributed by atoms with Gasteiger partial charge >= 0.3 is 15.6 Å². The molecule has 0 bridgehead atoms. The van der Waals surface area contributed by atoms with Crippen molar-refractivity contribution in [2.24, 2.45) is 0 Å². The Kier molecular flexibility index (Phi) is 1.94. The molecular weight excluding hydrogens is 235 g/mol. The number of pyridine rings is 1. The molecule has 1 aromatic rings. The number of alkyl halides is 3. The molecule has 0 N–H and O–H groups in total. The van der Waals surface area contributed by atoms with Crippen molar-refractivity contribution in [1.82, 2.24) is 4.98 Å². The molecule has 0 aromatic carbocycles. The van der Waals surface area contributed by atoms with E-state index in [0.29, 0.717) is 6.20 Å². The average molecular weight is 244 g/mol. The van der Waals surface area contributed by atoms with Crippen molar-refractivity contribution in [3.63, 3.8) is 0 Å². The van der Waals surface area contributed by atoms with Crippen LogP contribution in [-0.4, -0.2) is 18.9 Å². The van der Waals surface area contributed by atoms with Gasteiger partial charge in [-0.2, -0.15) is 21.6 Å². The predicted molar refractivity (Wildman–Crippen MR) is 44.6 cm³/mol. The van der Waals surface area contributed by atoms with Gasteiger partial charge in [0.15, 0.2) is 5.75 Å². The summed E-state index contributed by atoms with van der Waals surface area (Å²) in [5, 5.41) is 0. The van der Waals surface area contributed by atoms with Gasteiger partial charge in [-0.05, 0) is 19.0 Å². The fraction of sp³-hybridized carbons (Fsp3) is 0.286. The lowest BCUT2D eigenvalue weighted by Crippen LogP contribution is -2.28. The van der Waals surface area contributed by atoms with E-state index in [4.69, 9.17) is 4.11 Å². The first kappa shape index (κ1) is 7.91. The number of aromatic nitrogens is 1. The monoisotopic (exact) mass is 244 g/mol. The van der Waals surface area contributed by atoms with Crippen LogP contribution in [0.5, 0.6) is 5.75 Å². The highest BCUT2D eigenvalue weighted by molar-refractivity contribution is 7.87. The van der Waals surface area contributed by atoms with Crippen LogP contribution in [0.3, 0.4) is 0 Å². The van der Waals surface area contributed by atoms with Crippen LogP contribution in [0.2, 0.25) is 0 Å². The molecule has 84 valence electrons. The zero-order chi connectivity index (χ0) is 14.2. The highest BCUT2D eigenvalue weighted by atomic mass is 32.2. The Morgan fingerprint density at radius 3 is 2.53 bits per heavy atom. The fourth-order valence-electron chi connectivity index (χ4n) is 0.604. The highest BCUT2D eigenvalue weighted by Gasteiger charge is 2.48. The molecule has 15 heavy (non-hydrogen) atoms. The molecule has 0 fully saturated rings. The van der Waals surface area contributed by atoms with Crippen molar-refractivity contribution < 1.29 is 29.9 Å². The smallest absolute Gasteiger partial charge is 0.374 e. The zero-order valence-electron chi connectivity index (χ0n) is 9.95. The molecule has 0 saturated carbocycles. The van der Waals surface area contributed by atoms with Crippen LogP contribution in [0.4, 0.5) is 13.2 Å². The predicted octanol–water partition coefficient (Wildman–Crippen LogP) is 1.62. The number of hydrogen-bond acceptors (Lipinski definition) is 4. The van der Waals surface area contributed by atoms with Crippen molar-refractivity contribution in [2.75, 3.05) is 0 Å². The van der Waals surface area contributed by atoms with Gasteiger partial charge < -0.3 is 4.18 Å². The third-order valence-corrected chi connectivity index (χ3v) is 2.20. The van der Waals surface area contributed by atoms with Crippen LogP contribution in [0, 0.1) is 6.85 Å². The summed E-state index contributed by atoms with van der Waals surface area (Å²) in [6.45, 7) is -2.54. The van der Waals surface area contributed by atoms with Crippen molar-refractivity contribution in [2.45, 2.75) is 12.4 Å². The minimum Gasteiger partial charge on any atom is -0.374 e. The van der Waals surface area contributed by atoms with Gasteiger partial charge in [-0.1, -0.05) is 0 Å². The lowest BCUT2D eigenvalue weighted by atomic mass is 10.4. The summed E-state index contributed by atoms with van der Waals surface area (Å²) in [6.07, 6.45) is 0.588. The van der Waals surface area contributed by atoms with Crippen molar-refractivity contribution in [3.05, 3.63) is 24.0 Å². The second-order valence-electron chi connectivity index (χ2n) is 2.36. The van der Waals surface area contributed by atoms with Crippen molar-refractivity contribution in [3.8, 4) is 5.75 Å². The Bertz CT molecular complexity index is 524. The maximum atomic E-state index is 12.0. The molecular formula is C7H6F3NO3S. The molecule has 0 aliphatic rings. The first-order valence-electron chi connectivity index (χ1n) is 4.91. The number of aryl methyl sites for hydroxylation is 1. The Morgan fingerprint density at radius 1 is 1.47 bits per heavy atom. The lowest BCUT2D eigenvalue weighted by Gasteiger charge is -2.08. The summed E-state index contributed by atoms with van der Waals surface area (Å²) in [4.78, 5) is 3.30. The SMILES string of the molecule is [2H]C([2H])([2H])c1ccc(OS(=O)(=O)C(F)(F)F)cn1. The Labute approximate surface area is 88.0 Å². The summed E-state index contributed by atoms with van der Waals surface area (Å²) in [5.41, 5.74) is -5.95. The van der Waals surface area contributed by atoms with Gasteiger partial charge in [-0.3, -0.25) is 4.98 Å². The van der Waals surface area contributed by atoms with Gasteiger partial charge in [0, 0.05) is 9.81 Å². The number of nitrogens with zero attached hydrogens (tertiary/aromatic N) is 1. The van der Waals surface area contributed by atoms with Gasteiger partial charge in [0.25, 0.3) is 0 Å². The molecule has 0 amide bonds. The Balaban J connectivity index is 2.96. The molecule has 1 rings (SSSR count). The summed E-state index contributed by atoms with van der Waals surface area (Å²) >= 11 is 0. The van der Waals surface area contributed by atoms with Crippen LogP contribution in [-0.2, 0) is 10.1 Å². The number of halogens is 3. The third-order valence-electron chi connectivity index (χ3n) is 1.23. The second kappa shape index (κ2) is 3.69. The van der Waals surface area contributed by atoms with E-state index in [-0.39, 0.29) is 5.69 Å². The van der Waals surface area contributed by atoms with Crippen molar-refractivity contribution in [1.29, 1.82) is 0 Å². The second-order valence-corrected chi connectivity index (χ2v) is 3.90. The Hall–Kier alpha value is -1.31. The maximum Gasteiger partial charge on any atom is 0.534 e. The van der Waals surface area contributed by atoms with Crippen LogP contribution >= 0.6 is 0 Å². The topological polar surface area (TPSA) is 56.3 Å². The molecule has 8 heteroatoms. The minimum absolute atomic E-state index is 0.390. The van der Waals surface area contributed by atoms with Crippen LogP contribution in [0.15, 0.2) is 18.3 Å². The van der Waals surface area contributed by atoms with Gasteiger partial charge in [0.05, 0.1) is 6.20 Å². The summed E-state index contributed by atoms with van der Waals surface area (Å²) in [6, 6.07) is 1.63. The average Bonchev–Trinajstić information content (AvgIpc) is 2.14. The third kappa shape index (κ3) is 2.82. The van der Waals surface area contributed by atoms with E-state index in [2.05, 4.69) is 9.17 Å². The molecule has 0 aliphatic carbocycles. The molecule has 4 nitrogen and oxygen atoms in total. The number of rotatable bonds is 2. The number of hydrogen-bond donors (Lipinski definition) is 0. The first-order chi connectivity index (χ1) is 7.93. The standard InChI is InChI=1S/C7H6F3NO3S/c1-5-2-3-6(4-11-5)14-15(12,13)7(8,9)10/h2-4H,1H3/i1D3. The minimum atomic E-state index is -5.78. The van der Waals surface area contributed by atoms with E-state index in [1.165, 1.54) is 0 Å². The molecule has 1 aromatic heterocycles. The van der Waals surface area contributed by atoms with E-state index >= 15 is 0 Å². The molecule has 0 spiro atoms. The molecule has 0 radical (unpaired) electrons. The molecule has 1 heterocycles. The summed E-state index contributed by atoms with van der Waals surface area (Å²) in [5.74, 6) is -0.722. The fourth-order valence-corrected chi connectivity index (χ4v) is 1.05. The normalized spacial score (nSPS) is 16.3. The first-order valence-corrected chi connectivity index (χ1v) is 4.81. The van der Waals surface area contributed by atoms with Crippen LogP contribution < -0.4 is 4.18 Å². The van der Waals surface area contributed by atoms with Crippen LogP contribution in [0.1, 0.15) is 9.81 Å². The van der Waals surface area contributed by atoms with Gasteiger partial charge in [-0.15, -0.1) is 0 Å². The van der Waals surface area contributed by atoms with Gasteiger partial charge in [0.2, 0.25) is 0 Å². The van der Waals surface area contributed by atoms with E-state index in [1.54, 1.807) is 0 Å². The lowest BCUT2D eigenvalue weighted by molar-refractivity contribution is -0.0500. The van der Waals surface area contributed by atoms with Gasteiger partial charge in [-0.25, -0.2) is 0 Å². The largest absolute Gasteiger partial charge is 0.534 e. The zero-order valence-corrected chi connectivity index (χ0v) is 7.76. The van der Waals surface area contributed by atoms with Crippen LogP contribution in [0.25, 0.3) is 0 Å². The summed E-state index contributed by atoms with van der Waals surface area (Å²) < 4.78 is 81.7. The molecule has 0 aliphatic heterocycles. The van der Waals surface area contributed by atoms with E-state index < -0.39 is 28.2 Å². The van der Waals surface area contributed by atoms with Gasteiger partial charge in [0.1, 0.15) is 0 Å². The van der Waals surface area contributed by atoms with E-state index in [0.717, 1.165) is 12.1 Å². The molecule has 0 saturated heterocycles. The Morgan fingerprint density at radius 2 is 2.13 bits per heavy atom. The maximum absolute atomic E-state index is 12.0. The van der Waals surface area contributed by atoms with E-state index in [1.807, 2.05) is 0 Å². The summed E-state index contributed by atoms with van der Waals surface area (Å²) in [7, 11) is -5.78. The quantitative estimate of drug-likeness (QED) is 0.586.